The van der Waals surface area contributed by atoms with Gasteiger partial charge >= 0.3 is 0 Å². The van der Waals surface area contributed by atoms with Crippen LogP contribution in [0.25, 0.3) is 0 Å². The van der Waals surface area contributed by atoms with Crippen molar-refractivity contribution in [2.45, 2.75) is 25.2 Å². The van der Waals surface area contributed by atoms with Gasteiger partial charge in [-0.05, 0) is 38.3 Å². The van der Waals surface area contributed by atoms with Gasteiger partial charge in [0.1, 0.15) is 0 Å². The molecule has 1 aliphatic heterocycles. The zero-order valence-electron chi connectivity index (χ0n) is 12.9. The summed E-state index contributed by atoms with van der Waals surface area (Å²) in [5.74, 6) is 3.05. The molecule has 0 bridgehead atoms. The van der Waals surface area contributed by atoms with Crippen LogP contribution >= 0.6 is 35.7 Å². The van der Waals surface area contributed by atoms with Gasteiger partial charge in [-0.25, -0.2) is 0 Å². The van der Waals surface area contributed by atoms with Crippen molar-refractivity contribution in [1.82, 2.24) is 10.2 Å². The van der Waals surface area contributed by atoms with Gasteiger partial charge in [0.05, 0.1) is 0 Å². The molecular formula is C16H26IN3S. The van der Waals surface area contributed by atoms with Crippen molar-refractivity contribution in [3.8, 4) is 0 Å². The van der Waals surface area contributed by atoms with Gasteiger partial charge < -0.3 is 10.2 Å². The fourth-order valence-electron chi connectivity index (χ4n) is 2.47. The van der Waals surface area contributed by atoms with E-state index in [9.17, 15) is 0 Å². The Hall–Kier alpha value is -0.430. The predicted octanol–water partition coefficient (Wildman–Crippen LogP) is 3.70. The Labute approximate surface area is 150 Å². The minimum Gasteiger partial charge on any atom is -0.357 e. The third-order valence-corrected chi connectivity index (χ3v) is 4.70. The summed E-state index contributed by atoms with van der Waals surface area (Å²) < 4.78 is 0. The highest BCUT2D eigenvalue weighted by Gasteiger charge is 2.24. The Morgan fingerprint density at radius 3 is 2.76 bits per heavy atom. The lowest BCUT2D eigenvalue weighted by atomic mass is 10.2. The van der Waals surface area contributed by atoms with Crippen LogP contribution in [0, 0.1) is 5.92 Å². The Morgan fingerprint density at radius 2 is 2.10 bits per heavy atom. The summed E-state index contributed by atoms with van der Waals surface area (Å²) in [6.07, 6.45) is 1.27. The van der Waals surface area contributed by atoms with Crippen LogP contribution in [0.4, 0.5) is 0 Å². The molecule has 2 rings (SSSR count). The van der Waals surface area contributed by atoms with E-state index in [0.717, 1.165) is 38.1 Å². The van der Waals surface area contributed by atoms with Crippen molar-refractivity contribution in [2.24, 2.45) is 10.9 Å². The van der Waals surface area contributed by atoms with E-state index < -0.39 is 0 Å². The second kappa shape index (κ2) is 10.3. The SMILES string of the molecule is CCN=C(NCC)N1CCC(CSc2ccccc2)C1.I. The number of benzene rings is 1. The van der Waals surface area contributed by atoms with Gasteiger partial charge in [0.15, 0.2) is 5.96 Å². The summed E-state index contributed by atoms with van der Waals surface area (Å²) in [7, 11) is 0. The molecular weight excluding hydrogens is 393 g/mol. The number of rotatable bonds is 5. The molecule has 1 aromatic carbocycles. The standard InChI is InChI=1S/C16H25N3S.HI/c1-3-17-16(18-4-2)19-11-10-14(12-19)13-20-15-8-6-5-7-9-15;/h5-9,14H,3-4,10-13H2,1-2H3,(H,17,18);1H. The first-order valence-corrected chi connectivity index (χ1v) is 8.53. The Morgan fingerprint density at radius 1 is 1.33 bits per heavy atom. The number of nitrogens with one attached hydrogen (secondary N) is 1. The summed E-state index contributed by atoms with van der Waals surface area (Å²) in [5, 5.41) is 3.39. The second-order valence-electron chi connectivity index (χ2n) is 5.05. The number of aliphatic imine (C=N–C) groups is 1. The maximum absolute atomic E-state index is 4.57. The van der Waals surface area contributed by atoms with Gasteiger partial charge in [-0.2, -0.15) is 0 Å². The monoisotopic (exact) mass is 419 g/mol. The second-order valence-corrected chi connectivity index (χ2v) is 6.15. The summed E-state index contributed by atoms with van der Waals surface area (Å²) >= 11 is 1.97. The summed E-state index contributed by atoms with van der Waals surface area (Å²) in [6.45, 7) is 8.28. The van der Waals surface area contributed by atoms with Crippen molar-refractivity contribution >= 4 is 41.7 Å². The zero-order valence-corrected chi connectivity index (χ0v) is 16.1. The minimum atomic E-state index is 0. The van der Waals surface area contributed by atoms with Gasteiger partial charge in [-0.15, -0.1) is 35.7 Å². The van der Waals surface area contributed by atoms with Crippen LogP contribution in [0.1, 0.15) is 20.3 Å². The molecule has 1 unspecified atom stereocenters. The van der Waals surface area contributed by atoms with E-state index in [2.05, 4.69) is 59.4 Å². The van der Waals surface area contributed by atoms with Crippen LogP contribution in [0.5, 0.6) is 0 Å². The number of hydrogen-bond donors (Lipinski definition) is 1. The van der Waals surface area contributed by atoms with E-state index in [1.807, 2.05) is 11.8 Å². The van der Waals surface area contributed by atoms with Crippen LogP contribution in [0.3, 0.4) is 0 Å². The Balaban J connectivity index is 0.00000220. The van der Waals surface area contributed by atoms with Gasteiger partial charge in [0, 0.05) is 36.8 Å². The highest BCUT2D eigenvalue weighted by molar-refractivity contribution is 14.0. The molecule has 1 N–H and O–H groups in total. The maximum Gasteiger partial charge on any atom is 0.193 e. The van der Waals surface area contributed by atoms with Gasteiger partial charge in [0.2, 0.25) is 0 Å². The first-order valence-electron chi connectivity index (χ1n) is 7.54. The predicted molar refractivity (Wildman–Crippen MR) is 104 cm³/mol. The minimum absolute atomic E-state index is 0. The van der Waals surface area contributed by atoms with E-state index >= 15 is 0 Å². The molecule has 1 saturated heterocycles. The molecule has 0 aromatic heterocycles. The normalized spacial score (nSPS) is 18.5. The summed E-state index contributed by atoms with van der Waals surface area (Å²) in [6, 6.07) is 10.7. The molecule has 0 amide bonds. The largest absolute Gasteiger partial charge is 0.357 e. The smallest absolute Gasteiger partial charge is 0.193 e. The van der Waals surface area contributed by atoms with E-state index in [1.54, 1.807) is 0 Å². The molecule has 1 aliphatic rings. The highest BCUT2D eigenvalue weighted by Crippen LogP contribution is 2.25. The van der Waals surface area contributed by atoms with Crippen molar-refractivity contribution in [3.05, 3.63) is 30.3 Å². The van der Waals surface area contributed by atoms with Crippen LogP contribution in [0.15, 0.2) is 40.2 Å². The van der Waals surface area contributed by atoms with Crippen LogP contribution in [-0.2, 0) is 0 Å². The van der Waals surface area contributed by atoms with E-state index in [1.165, 1.54) is 17.1 Å². The van der Waals surface area contributed by atoms with Crippen molar-refractivity contribution in [2.75, 3.05) is 31.9 Å². The Kier molecular flexibility index (Phi) is 9.15. The van der Waals surface area contributed by atoms with E-state index in [-0.39, 0.29) is 24.0 Å². The molecule has 1 atom stereocenters. The summed E-state index contributed by atoms with van der Waals surface area (Å²) in [4.78, 5) is 8.35. The molecule has 3 nitrogen and oxygen atoms in total. The van der Waals surface area contributed by atoms with E-state index in [0.29, 0.717) is 0 Å². The Bertz CT molecular complexity index is 425. The molecule has 0 radical (unpaired) electrons. The average Bonchev–Trinajstić information content (AvgIpc) is 2.95. The number of guanidine groups is 1. The van der Waals surface area contributed by atoms with Crippen molar-refractivity contribution in [1.29, 1.82) is 0 Å². The number of halogens is 1. The maximum atomic E-state index is 4.57. The lowest BCUT2D eigenvalue weighted by Gasteiger charge is -2.21. The fraction of sp³-hybridized carbons (Fsp3) is 0.562. The lowest BCUT2D eigenvalue weighted by molar-refractivity contribution is 0.475. The fourth-order valence-corrected chi connectivity index (χ4v) is 3.52. The van der Waals surface area contributed by atoms with Gasteiger partial charge in [-0.1, -0.05) is 18.2 Å². The average molecular weight is 419 g/mol. The van der Waals surface area contributed by atoms with Crippen molar-refractivity contribution < 1.29 is 0 Å². The topological polar surface area (TPSA) is 27.6 Å². The molecule has 0 spiro atoms. The molecule has 5 heteroatoms. The number of hydrogen-bond acceptors (Lipinski definition) is 2. The molecule has 0 aliphatic carbocycles. The molecule has 21 heavy (non-hydrogen) atoms. The van der Waals surface area contributed by atoms with Crippen LogP contribution < -0.4 is 5.32 Å². The molecule has 1 heterocycles. The number of likely N-dealkylation sites (tertiary alicyclic amines) is 1. The van der Waals surface area contributed by atoms with Crippen LogP contribution in [0.2, 0.25) is 0 Å². The number of nitrogens with zero attached hydrogens (tertiary/aromatic N) is 2. The van der Waals surface area contributed by atoms with Crippen molar-refractivity contribution in [3.63, 3.8) is 0 Å². The summed E-state index contributed by atoms with van der Waals surface area (Å²) in [5.41, 5.74) is 0. The molecule has 118 valence electrons. The van der Waals surface area contributed by atoms with E-state index in [4.69, 9.17) is 0 Å². The molecule has 0 saturated carbocycles. The quantitative estimate of drug-likeness (QED) is 0.341. The highest BCUT2D eigenvalue weighted by atomic mass is 127. The third-order valence-electron chi connectivity index (χ3n) is 3.46. The number of thioether (sulfide) groups is 1. The lowest BCUT2D eigenvalue weighted by Crippen LogP contribution is -2.40. The third kappa shape index (κ3) is 6.06. The molecule has 1 aromatic rings. The first-order chi connectivity index (χ1) is 9.83. The first kappa shape index (κ1) is 18.6. The van der Waals surface area contributed by atoms with Gasteiger partial charge in [-0.3, -0.25) is 4.99 Å². The van der Waals surface area contributed by atoms with Gasteiger partial charge in [0.25, 0.3) is 0 Å². The van der Waals surface area contributed by atoms with Crippen LogP contribution in [-0.4, -0.2) is 42.8 Å². The molecule has 1 fully saturated rings. The zero-order chi connectivity index (χ0) is 14.2.